The third-order valence-corrected chi connectivity index (χ3v) is 4.38. The molecular weight excluding hydrogens is 426 g/mol. The van der Waals surface area contributed by atoms with Crippen LogP contribution in [0.15, 0.2) is 23.4 Å². The zero-order chi connectivity index (χ0) is 22.0. The van der Waals surface area contributed by atoms with E-state index >= 15 is 0 Å². The number of benzene rings is 1. The topological polar surface area (TPSA) is 125 Å². The predicted molar refractivity (Wildman–Crippen MR) is 103 cm³/mol. The predicted octanol–water partition coefficient (Wildman–Crippen LogP) is 1.19. The van der Waals surface area contributed by atoms with Crippen LogP contribution in [0, 0.1) is 6.92 Å². The summed E-state index contributed by atoms with van der Waals surface area (Å²) in [5.74, 6) is -1.61. The number of aromatic nitrogens is 2. The Morgan fingerprint density at radius 1 is 1.20 bits per heavy atom. The summed E-state index contributed by atoms with van der Waals surface area (Å²) in [4.78, 5) is 25.2. The summed E-state index contributed by atoms with van der Waals surface area (Å²) in [6.45, 7) is -1.56. The second-order valence-electron chi connectivity index (χ2n) is 6.11. The van der Waals surface area contributed by atoms with Crippen molar-refractivity contribution < 1.29 is 23.1 Å². The van der Waals surface area contributed by atoms with Crippen LogP contribution < -0.4 is 26.4 Å². The minimum Gasteiger partial charge on any atom is -0.433 e. The van der Waals surface area contributed by atoms with E-state index in [2.05, 4.69) is 36.6 Å². The Morgan fingerprint density at radius 2 is 1.90 bits per heavy atom. The van der Waals surface area contributed by atoms with Crippen molar-refractivity contribution in [2.75, 3.05) is 12.4 Å². The van der Waals surface area contributed by atoms with Gasteiger partial charge in [0.05, 0.1) is 21.8 Å². The van der Waals surface area contributed by atoms with Gasteiger partial charge < -0.3 is 10.1 Å². The monoisotopic (exact) mass is 442 g/mol. The van der Waals surface area contributed by atoms with Crippen LogP contribution in [0.1, 0.15) is 26.4 Å². The molecule has 0 unspecified atom stereocenters. The summed E-state index contributed by atoms with van der Waals surface area (Å²) in [5, 5.41) is 13.9. The molecule has 160 valence electrons. The zero-order valence-electron chi connectivity index (χ0n) is 16.0. The number of aryl methyl sites for hydroxylation is 2. The lowest BCUT2D eigenvalue weighted by molar-refractivity contribution is -0.0493. The summed E-state index contributed by atoms with van der Waals surface area (Å²) in [6.07, 6.45) is 1.46. The van der Waals surface area contributed by atoms with E-state index in [1.165, 1.54) is 22.0 Å². The van der Waals surface area contributed by atoms with E-state index in [-0.39, 0.29) is 27.8 Å². The molecule has 14 heteroatoms. The van der Waals surface area contributed by atoms with Gasteiger partial charge in [-0.3, -0.25) is 24.6 Å². The molecule has 0 saturated carbocycles. The number of hydrazine groups is 2. The van der Waals surface area contributed by atoms with Crippen LogP contribution in [0.4, 0.5) is 14.5 Å². The molecule has 3 rings (SSSR count). The molecule has 0 saturated heterocycles. The maximum Gasteiger partial charge on any atom is 0.387 e. The number of rotatable bonds is 5. The molecule has 1 aromatic heterocycles. The van der Waals surface area contributed by atoms with Crippen molar-refractivity contribution in [2.24, 2.45) is 12.1 Å². The summed E-state index contributed by atoms with van der Waals surface area (Å²) in [5.41, 5.74) is 5.27. The number of amides is 2. The molecule has 4 N–H and O–H groups in total. The number of carbonyl (C=O) groups is 2. The minimum atomic E-state index is -3.17. The van der Waals surface area contributed by atoms with Crippen molar-refractivity contribution in [1.29, 1.82) is 0 Å². The lowest BCUT2D eigenvalue weighted by Gasteiger charge is -2.17. The molecule has 2 amide bonds. The Morgan fingerprint density at radius 3 is 2.47 bits per heavy atom. The molecular formula is C16H17ClF2N8O3. The molecule has 0 fully saturated rings. The third kappa shape index (κ3) is 4.41. The number of hydrazone groups is 1. The van der Waals surface area contributed by atoms with E-state index in [0.717, 1.165) is 6.07 Å². The van der Waals surface area contributed by atoms with Gasteiger partial charge in [-0.25, -0.2) is 5.53 Å². The van der Waals surface area contributed by atoms with E-state index in [4.69, 9.17) is 11.6 Å². The molecule has 1 aromatic carbocycles. The van der Waals surface area contributed by atoms with Gasteiger partial charge >= 0.3 is 6.61 Å². The number of halogens is 3. The largest absolute Gasteiger partial charge is 0.433 e. The van der Waals surface area contributed by atoms with E-state index in [1.54, 1.807) is 21.0 Å². The first kappa shape index (κ1) is 21.3. The molecule has 2 heterocycles. The standard InChI is InChI=1S/C16H17ClF2N8O3/c1-7-9(6-26(2)23-7)14(29)20-12-10(30-15(18)19)5-4-8(11(12)17)13(28)21-16-22-24-25-27(16)3/h4-6,15,24-25H,1-3H3,(H,20,29)(H,21,22,28). The van der Waals surface area contributed by atoms with Gasteiger partial charge in [-0.15, -0.1) is 10.6 Å². The first-order valence-electron chi connectivity index (χ1n) is 8.39. The fourth-order valence-electron chi connectivity index (χ4n) is 2.61. The van der Waals surface area contributed by atoms with Crippen LogP contribution in [0.3, 0.4) is 0 Å². The van der Waals surface area contributed by atoms with Gasteiger partial charge in [-0.05, 0) is 19.1 Å². The van der Waals surface area contributed by atoms with Gasteiger partial charge in [-0.1, -0.05) is 11.6 Å². The zero-order valence-corrected chi connectivity index (χ0v) is 16.7. The number of carbonyl (C=O) groups excluding carboxylic acids is 2. The van der Waals surface area contributed by atoms with E-state index < -0.39 is 24.2 Å². The maximum atomic E-state index is 12.8. The first-order valence-corrected chi connectivity index (χ1v) is 8.77. The summed E-state index contributed by atoms with van der Waals surface area (Å²) < 4.78 is 31.5. The highest BCUT2D eigenvalue weighted by atomic mass is 35.5. The number of alkyl halides is 2. The molecule has 11 nitrogen and oxygen atoms in total. The molecule has 0 radical (unpaired) electrons. The van der Waals surface area contributed by atoms with E-state index in [1.807, 2.05) is 0 Å². The molecule has 0 atom stereocenters. The highest BCUT2D eigenvalue weighted by Gasteiger charge is 2.24. The number of anilines is 1. The number of hydrogen-bond donors (Lipinski definition) is 4. The minimum absolute atomic E-state index is 0.0977. The van der Waals surface area contributed by atoms with Crippen molar-refractivity contribution in [3.63, 3.8) is 0 Å². The van der Waals surface area contributed by atoms with Crippen molar-refractivity contribution in [2.45, 2.75) is 13.5 Å². The lowest BCUT2D eigenvalue weighted by Crippen LogP contribution is -2.45. The Hall–Kier alpha value is -3.45. The van der Waals surface area contributed by atoms with E-state index in [0.29, 0.717) is 5.69 Å². The van der Waals surface area contributed by atoms with Gasteiger partial charge in [0.2, 0.25) is 5.96 Å². The molecule has 1 aliphatic rings. The van der Waals surface area contributed by atoms with Gasteiger partial charge in [0.15, 0.2) is 5.75 Å². The third-order valence-electron chi connectivity index (χ3n) is 3.98. The van der Waals surface area contributed by atoms with Gasteiger partial charge in [-0.2, -0.15) is 13.9 Å². The average Bonchev–Trinajstić information content (AvgIpc) is 3.22. The average molecular weight is 443 g/mol. The van der Waals surface area contributed by atoms with Crippen LogP contribution in [0.2, 0.25) is 5.02 Å². The molecule has 0 bridgehead atoms. The van der Waals surface area contributed by atoms with Gasteiger partial charge in [0, 0.05) is 20.3 Å². The van der Waals surface area contributed by atoms with Crippen molar-refractivity contribution in [1.82, 2.24) is 31.2 Å². The Labute approximate surface area is 173 Å². The number of nitrogens with one attached hydrogen (secondary N) is 4. The van der Waals surface area contributed by atoms with Crippen LogP contribution in [-0.2, 0) is 7.05 Å². The van der Waals surface area contributed by atoms with Crippen LogP contribution in [-0.4, -0.2) is 46.2 Å². The SMILES string of the molecule is Cc1nn(C)cc1C(=O)Nc1c(OC(F)F)ccc(C(=O)NC2=NNNN2C)c1Cl. The van der Waals surface area contributed by atoms with Crippen molar-refractivity contribution in [3.05, 3.63) is 40.2 Å². The summed E-state index contributed by atoms with van der Waals surface area (Å²) in [7, 11) is 3.21. The van der Waals surface area contributed by atoms with Crippen LogP contribution in [0.25, 0.3) is 0 Å². The highest BCUT2D eigenvalue weighted by Crippen LogP contribution is 2.36. The fraction of sp³-hybridized carbons (Fsp3) is 0.250. The Balaban J connectivity index is 1.94. The summed E-state index contributed by atoms with van der Waals surface area (Å²) in [6, 6.07) is 2.30. The van der Waals surface area contributed by atoms with Crippen molar-refractivity contribution >= 4 is 35.1 Å². The number of ether oxygens (including phenoxy) is 1. The van der Waals surface area contributed by atoms with Crippen LogP contribution >= 0.6 is 11.6 Å². The van der Waals surface area contributed by atoms with Crippen molar-refractivity contribution in [3.8, 4) is 5.75 Å². The number of nitrogens with zero attached hydrogens (tertiary/aromatic N) is 4. The van der Waals surface area contributed by atoms with Gasteiger partial charge in [0.25, 0.3) is 11.8 Å². The smallest absolute Gasteiger partial charge is 0.387 e. The molecule has 0 aliphatic carbocycles. The lowest BCUT2D eigenvalue weighted by atomic mass is 10.1. The Kier molecular flexibility index (Phi) is 6.03. The number of hydrogen-bond acceptors (Lipinski definition) is 8. The fourth-order valence-corrected chi connectivity index (χ4v) is 2.90. The quantitative estimate of drug-likeness (QED) is 0.548. The molecule has 30 heavy (non-hydrogen) atoms. The normalized spacial score (nSPS) is 13.2. The molecule has 0 spiro atoms. The summed E-state index contributed by atoms with van der Waals surface area (Å²) >= 11 is 6.28. The second-order valence-corrected chi connectivity index (χ2v) is 6.48. The van der Waals surface area contributed by atoms with Crippen LogP contribution in [0.5, 0.6) is 5.75 Å². The van der Waals surface area contributed by atoms with E-state index in [9.17, 15) is 18.4 Å². The maximum absolute atomic E-state index is 12.8. The van der Waals surface area contributed by atoms with Gasteiger partial charge in [0.1, 0.15) is 5.69 Å². The molecule has 1 aliphatic heterocycles. The number of guanidine groups is 1. The highest BCUT2D eigenvalue weighted by molar-refractivity contribution is 6.37. The second kappa shape index (κ2) is 8.51. The molecule has 2 aromatic rings. The first-order chi connectivity index (χ1) is 14.2. The Bertz CT molecular complexity index is 1030.